The number of benzene rings is 1. The van der Waals surface area contributed by atoms with Crippen molar-refractivity contribution in [1.82, 2.24) is 14.9 Å². The molecule has 2 saturated heterocycles. The molecule has 154 valence electrons. The summed E-state index contributed by atoms with van der Waals surface area (Å²) >= 11 is 0. The number of hydrogen-bond acceptors (Lipinski definition) is 6. The number of carbonyl (C=O) groups is 1. The summed E-state index contributed by atoms with van der Waals surface area (Å²) in [7, 11) is 0. The van der Waals surface area contributed by atoms with E-state index < -0.39 is 5.79 Å². The molecular weight excluding hydrogens is 368 g/mol. The molecule has 2 aliphatic rings. The first-order valence-corrected chi connectivity index (χ1v) is 10.3. The van der Waals surface area contributed by atoms with Gasteiger partial charge in [0.1, 0.15) is 5.69 Å². The van der Waals surface area contributed by atoms with Crippen LogP contribution in [0.5, 0.6) is 0 Å². The van der Waals surface area contributed by atoms with E-state index in [1.165, 1.54) is 5.56 Å². The number of nitrogens with zero attached hydrogens (tertiary/aromatic N) is 4. The van der Waals surface area contributed by atoms with Gasteiger partial charge >= 0.3 is 0 Å². The van der Waals surface area contributed by atoms with Crippen LogP contribution in [0, 0.1) is 13.8 Å². The van der Waals surface area contributed by atoms with Gasteiger partial charge in [0.15, 0.2) is 5.79 Å². The van der Waals surface area contributed by atoms with E-state index in [-0.39, 0.29) is 5.91 Å². The molecule has 0 bridgehead atoms. The van der Waals surface area contributed by atoms with Crippen LogP contribution in [0.1, 0.15) is 41.5 Å². The Balaban J connectivity index is 1.55. The third kappa shape index (κ3) is 4.11. The number of ether oxygens (including phenoxy) is 2. The first kappa shape index (κ1) is 19.8. The van der Waals surface area contributed by atoms with Crippen molar-refractivity contribution in [3.05, 3.63) is 47.3 Å². The largest absolute Gasteiger partial charge is 0.347 e. The van der Waals surface area contributed by atoms with Crippen LogP contribution in [-0.4, -0.2) is 59.4 Å². The van der Waals surface area contributed by atoms with E-state index in [9.17, 15) is 4.79 Å². The van der Waals surface area contributed by atoms with E-state index in [0.717, 1.165) is 11.4 Å². The summed E-state index contributed by atoms with van der Waals surface area (Å²) in [6.07, 6.45) is 1.39. The zero-order chi connectivity index (χ0) is 20.4. The number of carbonyl (C=O) groups excluding carboxylic acids is 1. The normalized spacial score (nSPS) is 18.2. The second-order valence-electron chi connectivity index (χ2n) is 7.68. The monoisotopic (exact) mass is 396 g/mol. The maximum atomic E-state index is 13.1. The Morgan fingerprint density at radius 2 is 1.86 bits per heavy atom. The summed E-state index contributed by atoms with van der Waals surface area (Å²) < 4.78 is 11.5. The van der Waals surface area contributed by atoms with Crippen molar-refractivity contribution < 1.29 is 14.3 Å². The van der Waals surface area contributed by atoms with Gasteiger partial charge in [0.05, 0.1) is 13.2 Å². The Labute approximate surface area is 171 Å². The third-order valence-corrected chi connectivity index (χ3v) is 5.56. The zero-order valence-corrected chi connectivity index (χ0v) is 17.4. The van der Waals surface area contributed by atoms with E-state index in [0.29, 0.717) is 57.3 Å². The summed E-state index contributed by atoms with van der Waals surface area (Å²) in [5, 5.41) is 0. The van der Waals surface area contributed by atoms with Gasteiger partial charge in [-0.05, 0) is 44.5 Å². The summed E-state index contributed by atoms with van der Waals surface area (Å²) in [4.78, 5) is 26.2. The van der Waals surface area contributed by atoms with Gasteiger partial charge in [0.2, 0.25) is 5.95 Å². The van der Waals surface area contributed by atoms with Crippen LogP contribution in [0.25, 0.3) is 0 Å². The number of aromatic nitrogens is 2. The Morgan fingerprint density at radius 3 is 2.52 bits per heavy atom. The van der Waals surface area contributed by atoms with Gasteiger partial charge in [-0.3, -0.25) is 4.79 Å². The lowest BCUT2D eigenvalue weighted by Crippen LogP contribution is -2.47. The van der Waals surface area contributed by atoms with Crippen LogP contribution in [-0.2, 0) is 9.47 Å². The number of anilines is 2. The molecular formula is C22H28N4O3. The molecule has 0 saturated carbocycles. The van der Waals surface area contributed by atoms with Crippen molar-refractivity contribution in [2.75, 3.05) is 37.7 Å². The van der Waals surface area contributed by atoms with Gasteiger partial charge in [0, 0.05) is 43.9 Å². The number of rotatable bonds is 4. The van der Waals surface area contributed by atoms with Crippen LogP contribution in [0.4, 0.5) is 11.6 Å². The predicted molar refractivity (Wildman–Crippen MR) is 110 cm³/mol. The summed E-state index contributed by atoms with van der Waals surface area (Å²) in [5.41, 5.74) is 3.40. The van der Waals surface area contributed by atoms with Crippen LogP contribution in [0.3, 0.4) is 0 Å². The van der Waals surface area contributed by atoms with Gasteiger partial charge < -0.3 is 19.3 Å². The second-order valence-corrected chi connectivity index (χ2v) is 7.68. The molecule has 0 N–H and O–H groups in total. The first-order chi connectivity index (χ1) is 14.0. The maximum Gasteiger partial charge on any atom is 0.272 e. The highest BCUT2D eigenvalue weighted by molar-refractivity contribution is 5.92. The number of piperidine rings is 1. The topological polar surface area (TPSA) is 67.8 Å². The Morgan fingerprint density at radius 1 is 1.14 bits per heavy atom. The quantitative estimate of drug-likeness (QED) is 0.790. The zero-order valence-electron chi connectivity index (χ0n) is 17.4. The SMILES string of the molecule is CCN(c1cccc(C)c1)c1nc(C)cc(C(=O)N2CCC3(CC2)OCCO3)n1. The van der Waals surface area contributed by atoms with Crippen LogP contribution < -0.4 is 4.90 Å². The lowest BCUT2D eigenvalue weighted by Gasteiger charge is -2.37. The maximum absolute atomic E-state index is 13.1. The number of likely N-dealkylation sites (tertiary alicyclic amines) is 1. The van der Waals surface area contributed by atoms with Gasteiger partial charge in [-0.15, -0.1) is 0 Å². The molecule has 0 radical (unpaired) electrons. The van der Waals surface area contributed by atoms with Crippen molar-refractivity contribution >= 4 is 17.5 Å². The average molecular weight is 396 g/mol. The van der Waals surface area contributed by atoms with Crippen LogP contribution in [0.15, 0.2) is 30.3 Å². The average Bonchev–Trinajstić information content (AvgIpc) is 3.16. The van der Waals surface area contributed by atoms with E-state index in [4.69, 9.17) is 9.47 Å². The second kappa shape index (κ2) is 8.08. The lowest BCUT2D eigenvalue weighted by atomic mass is 10.0. The minimum atomic E-state index is -0.492. The molecule has 1 amide bonds. The van der Waals surface area contributed by atoms with Gasteiger partial charge in [-0.2, -0.15) is 0 Å². The smallest absolute Gasteiger partial charge is 0.272 e. The van der Waals surface area contributed by atoms with Crippen molar-refractivity contribution in [3.8, 4) is 0 Å². The Kier molecular flexibility index (Phi) is 5.52. The standard InChI is InChI=1S/C22H28N4O3/c1-4-26(18-7-5-6-16(2)14-18)21-23-17(3)15-19(24-21)20(27)25-10-8-22(9-11-25)28-12-13-29-22/h5-7,14-15H,4,8-13H2,1-3H3. The Bertz CT molecular complexity index is 885. The molecule has 1 aromatic heterocycles. The minimum Gasteiger partial charge on any atom is -0.347 e. The van der Waals surface area contributed by atoms with Crippen molar-refractivity contribution in [2.45, 2.75) is 39.4 Å². The molecule has 3 heterocycles. The van der Waals surface area contributed by atoms with Crippen molar-refractivity contribution in [1.29, 1.82) is 0 Å². The molecule has 2 aliphatic heterocycles. The molecule has 4 rings (SSSR count). The highest BCUT2D eigenvalue weighted by atomic mass is 16.7. The molecule has 2 aromatic rings. The fraction of sp³-hybridized carbons (Fsp3) is 0.500. The van der Waals surface area contributed by atoms with Gasteiger partial charge in [0.25, 0.3) is 5.91 Å². The third-order valence-electron chi connectivity index (χ3n) is 5.56. The molecule has 0 aliphatic carbocycles. The molecule has 1 aromatic carbocycles. The number of amides is 1. The molecule has 0 atom stereocenters. The fourth-order valence-corrected chi connectivity index (χ4v) is 4.02. The molecule has 2 fully saturated rings. The number of aryl methyl sites for hydroxylation is 2. The lowest BCUT2D eigenvalue weighted by molar-refractivity contribution is -0.181. The Hall–Kier alpha value is -2.51. The van der Waals surface area contributed by atoms with E-state index >= 15 is 0 Å². The first-order valence-electron chi connectivity index (χ1n) is 10.3. The summed E-state index contributed by atoms with van der Waals surface area (Å²) in [6, 6.07) is 9.98. The highest BCUT2D eigenvalue weighted by Gasteiger charge is 2.41. The van der Waals surface area contributed by atoms with Gasteiger partial charge in [-0.25, -0.2) is 9.97 Å². The van der Waals surface area contributed by atoms with Crippen LogP contribution >= 0.6 is 0 Å². The van der Waals surface area contributed by atoms with E-state index in [1.54, 1.807) is 6.07 Å². The van der Waals surface area contributed by atoms with Crippen molar-refractivity contribution in [2.24, 2.45) is 0 Å². The fourth-order valence-electron chi connectivity index (χ4n) is 4.02. The number of hydrogen-bond donors (Lipinski definition) is 0. The molecule has 0 unspecified atom stereocenters. The van der Waals surface area contributed by atoms with E-state index in [1.807, 2.05) is 28.9 Å². The van der Waals surface area contributed by atoms with E-state index in [2.05, 4.69) is 35.9 Å². The summed E-state index contributed by atoms with van der Waals surface area (Å²) in [6.45, 7) is 9.20. The predicted octanol–water partition coefficient (Wildman–Crippen LogP) is 3.23. The molecule has 29 heavy (non-hydrogen) atoms. The molecule has 1 spiro atoms. The van der Waals surface area contributed by atoms with Gasteiger partial charge in [-0.1, -0.05) is 12.1 Å². The molecule has 7 heteroatoms. The van der Waals surface area contributed by atoms with Crippen molar-refractivity contribution in [3.63, 3.8) is 0 Å². The highest BCUT2D eigenvalue weighted by Crippen LogP contribution is 2.32. The summed E-state index contributed by atoms with van der Waals surface area (Å²) in [5.74, 6) is -0.00413. The molecule has 7 nitrogen and oxygen atoms in total. The minimum absolute atomic E-state index is 0.0649. The van der Waals surface area contributed by atoms with Crippen LogP contribution in [0.2, 0.25) is 0 Å².